The van der Waals surface area contributed by atoms with E-state index < -0.39 is 6.36 Å². The molecule has 2 aliphatic carbocycles. The molecule has 1 saturated carbocycles. The SMILES string of the molecule is CC1CCCc2nc(N[C@H]3CC[C@@H](CNCc4ccccc4OC(F)(F)F)CC3)nc(N)c21.Cl.Cl. The van der Waals surface area contributed by atoms with Gasteiger partial charge in [0, 0.05) is 23.7 Å². The van der Waals surface area contributed by atoms with Crippen LogP contribution in [0.15, 0.2) is 24.3 Å². The molecule has 0 saturated heterocycles. The third-order valence-electron chi connectivity index (χ3n) is 6.72. The van der Waals surface area contributed by atoms with Crippen LogP contribution >= 0.6 is 24.8 Å². The maximum atomic E-state index is 12.6. The van der Waals surface area contributed by atoms with E-state index in [0.29, 0.717) is 41.8 Å². The molecule has 35 heavy (non-hydrogen) atoms. The van der Waals surface area contributed by atoms with Gasteiger partial charge in [0.15, 0.2) is 0 Å². The van der Waals surface area contributed by atoms with Gasteiger partial charge >= 0.3 is 6.36 Å². The lowest BCUT2D eigenvalue weighted by molar-refractivity contribution is -0.274. The Hall–Kier alpha value is -1.97. The lowest BCUT2D eigenvalue weighted by Crippen LogP contribution is -2.32. The predicted octanol–water partition coefficient (Wildman–Crippen LogP) is 6.00. The van der Waals surface area contributed by atoms with Crippen LogP contribution in [0, 0.1) is 5.92 Å². The van der Waals surface area contributed by atoms with Crippen LogP contribution in [-0.4, -0.2) is 28.9 Å². The molecule has 2 aliphatic rings. The largest absolute Gasteiger partial charge is 0.573 e. The molecule has 1 fully saturated rings. The minimum absolute atomic E-state index is 0. The van der Waals surface area contributed by atoms with E-state index in [4.69, 9.17) is 10.7 Å². The molecule has 4 rings (SSSR count). The van der Waals surface area contributed by atoms with Gasteiger partial charge in [-0.1, -0.05) is 25.1 Å². The van der Waals surface area contributed by atoms with Crippen molar-refractivity contribution in [2.45, 2.75) is 76.7 Å². The number of aryl methyl sites for hydroxylation is 1. The number of aromatic nitrogens is 2. The van der Waals surface area contributed by atoms with Gasteiger partial charge in [-0.15, -0.1) is 38.0 Å². The third-order valence-corrected chi connectivity index (χ3v) is 6.72. The Morgan fingerprint density at radius 1 is 1.06 bits per heavy atom. The number of nitrogens with one attached hydrogen (secondary N) is 2. The molecule has 1 aromatic heterocycles. The molecule has 1 aromatic carbocycles. The highest BCUT2D eigenvalue weighted by molar-refractivity contribution is 5.85. The van der Waals surface area contributed by atoms with Crippen molar-refractivity contribution in [2.24, 2.45) is 5.92 Å². The Morgan fingerprint density at radius 2 is 1.77 bits per heavy atom. The molecular weight excluding hydrogens is 502 g/mol. The first-order valence-corrected chi connectivity index (χ1v) is 11.8. The Bertz CT molecular complexity index is 955. The average Bonchev–Trinajstić information content (AvgIpc) is 2.75. The maximum absolute atomic E-state index is 12.6. The second-order valence-electron chi connectivity index (χ2n) is 9.23. The van der Waals surface area contributed by atoms with Crippen LogP contribution in [0.2, 0.25) is 0 Å². The summed E-state index contributed by atoms with van der Waals surface area (Å²) in [5, 5.41) is 6.77. The van der Waals surface area contributed by atoms with Crippen LogP contribution < -0.4 is 21.1 Å². The second-order valence-corrected chi connectivity index (χ2v) is 9.23. The number of halogens is 5. The summed E-state index contributed by atoms with van der Waals surface area (Å²) in [6.07, 6.45) is 2.59. The number of alkyl halides is 3. The van der Waals surface area contributed by atoms with Gasteiger partial charge in [0.25, 0.3) is 0 Å². The highest BCUT2D eigenvalue weighted by Gasteiger charge is 2.32. The normalized spacial score (nSPS) is 21.8. The number of benzene rings is 1. The van der Waals surface area contributed by atoms with Gasteiger partial charge in [-0.2, -0.15) is 4.98 Å². The number of hydrogen-bond acceptors (Lipinski definition) is 6. The summed E-state index contributed by atoms with van der Waals surface area (Å²) < 4.78 is 41.9. The molecule has 0 aliphatic heterocycles. The van der Waals surface area contributed by atoms with E-state index in [2.05, 4.69) is 27.3 Å². The molecule has 1 atom stereocenters. The zero-order valence-electron chi connectivity index (χ0n) is 19.7. The fraction of sp³-hybridized carbons (Fsp3) is 0.583. The van der Waals surface area contributed by atoms with Crippen LogP contribution in [0.1, 0.15) is 68.2 Å². The van der Waals surface area contributed by atoms with Crippen molar-refractivity contribution in [3.05, 3.63) is 41.1 Å². The fourth-order valence-electron chi connectivity index (χ4n) is 5.03. The molecule has 6 nitrogen and oxygen atoms in total. The Kier molecular flexibility index (Phi) is 10.7. The molecule has 2 aromatic rings. The van der Waals surface area contributed by atoms with E-state index in [1.165, 1.54) is 6.07 Å². The average molecular weight is 536 g/mol. The number of nitrogens with two attached hydrogens (primary N) is 1. The number of para-hydroxylation sites is 1. The van der Waals surface area contributed by atoms with Gasteiger partial charge in [0.1, 0.15) is 11.6 Å². The molecule has 4 N–H and O–H groups in total. The first-order valence-electron chi connectivity index (χ1n) is 11.8. The summed E-state index contributed by atoms with van der Waals surface area (Å²) in [4.78, 5) is 9.27. The highest BCUT2D eigenvalue weighted by Crippen LogP contribution is 2.34. The van der Waals surface area contributed by atoms with Crippen molar-refractivity contribution >= 4 is 36.6 Å². The van der Waals surface area contributed by atoms with Crippen LogP contribution in [0.25, 0.3) is 0 Å². The van der Waals surface area contributed by atoms with Crippen LogP contribution in [-0.2, 0) is 13.0 Å². The fourth-order valence-corrected chi connectivity index (χ4v) is 5.03. The van der Waals surface area contributed by atoms with Crippen molar-refractivity contribution < 1.29 is 17.9 Å². The molecule has 0 radical (unpaired) electrons. The van der Waals surface area contributed by atoms with Crippen LogP contribution in [0.5, 0.6) is 5.75 Å². The highest BCUT2D eigenvalue weighted by atomic mass is 35.5. The smallest absolute Gasteiger partial charge is 0.405 e. The summed E-state index contributed by atoms with van der Waals surface area (Å²) >= 11 is 0. The van der Waals surface area contributed by atoms with Gasteiger partial charge in [-0.25, -0.2) is 4.98 Å². The van der Waals surface area contributed by atoms with Crippen molar-refractivity contribution in [3.63, 3.8) is 0 Å². The number of rotatable bonds is 7. The van der Waals surface area contributed by atoms with Gasteiger partial charge in [-0.05, 0) is 69.4 Å². The molecule has 1 unspecified atom stereocenters. The Labute approximate surface area is 216 Å². The lowest BCUT2D eigenvalue weighted by atomic mass is 9.86. The van der Waals surface area contributed by atoms with Crippen molar-refractivity contribution in [1.82, 2.24) is 15.3 Å². The van der Waals surface area contributed by atoms with E-state index in [1.807, 2.05) is 0 Å². The van der Waals surface area contributed by atoms with Crippen molar-refractivity contribution in [3.8, 4) is 5.75 Å². The lowest BCUT2D eigenvalue weighted by Gasteiger charge is -2.30. The van der Waals surface area contributed by atoms with Crippen LogP contribution in [0.3, 0.4) is 0 Å². The number of ether oxygens (including phenoxy) is 1. The first-order chi connectivity index (χ1) is 15.8. The molecule has 196 valence electrons. The predicted molar refractivity (Wildman–Crippen MR) is 136 cm³/mol. The third kappa shape index (κ3) is 8.02. The van der Waals surface area contributed by atoms with E-state index in [-0.39, 0.29) is 30.6 Å². The summed E-state index contributed by atoms with van der Waals surface area (Å²) in [5.74, 6) is 1.97. The minimum Gasteiger partial charge on any atom is -0.405 e. The number of fused-ring (bicyclic) bond motifs is 1. The number of hydrogen-bond donors (Lipinski definition) is 3. The van der Waals surface area contributed by atoms with E-state index in [0.717, 1.165) is 62.7 Å². The topological polar surface area (TPSA) is 85.1 Å². The quantitative estimate of drug-likeness (QED) is 0.403. The summed E-state index contributed by atoms with van der Waals surface area (Å²) in [6.45, 7) is 3.28. The zero-order valence-corrected chi connectivity index (χ0v) is 21.4. The van der Waals surface area contributed by atoms with E-state index in [1.54, 1.807) is 18.2 Å². The van der Waals surface area contributed by atoms with Gasteiger partial charge in [0.2, 0.25) is 5.95 Å². The molecular formula is C24H34Cl2F3N5O. The molecule has 0 bridgehead atoms. The maximum Gasteiger partial charge on any atom is 0.573 e. The number of anilines is 2. The van der Waals surface area contributed by atoms with Gasteiger partial charge in [0.05, 0.1) is 5.69 Å². The Balaban J connectivity index is 0.00000216. The molecule has 1 heterocycles. The monoisotopic (exact) mass is 535 g/mol. The number of nitrogen functional groups attached to an aromatic ring is 1. The summed E-state index contributed by atoms with van der Waals surface area (Å²) in [6, 6.07) is 6.56. The summed E-state index contributed by atoms with van der Waals surface area (Å²) in [5.41, 5.74) is 8.93. The van der Waals surface area contributed by atoms with Gasteiger partial charge in [-0.3, -0.25) is 0 Å². The molecule has 0 spiro atoms. The second kappa shape index (κ2) is 12.8. The first kappa shape index (κ1) is 29.3. The molecule has 11 heteroatoms. The molecule has 0 amide bonds. The summed E-state index contributed by atoms with van der Waals surface area (Å²) in [7, 11) is 0. The Morgan fingerprint density at radius 3 is 2.49 bits per heavy atom. The van der Waals surface area contributed by atoms with E-state index in [9.17, 15) is 13.2 Å². The number of nitrogens with zero attached hydrogens (tertiary/aromatic N) is 2. The van der Waals surface area contributed by atoms with Crippen molar-refractivity contribution in [1.29, 1.82) is 0 Å². The zero-order chi connectivity index (χ0) is 23.4. The van der Waals surface area contributed by atoms with Crippen molar-refractivity contribution in [2.75, 3.05) is 17.6 Å². The van der Waals surface area contributed by atoms with E-state index >= 15 is 0 Å². The standard InChI is InChI=1S/C24H32F3N5O.2ClH/c1-15-5-4-7-19-21(15)22(28)32-23(31-19)30-18-11-9-16(10-12-18)13-29-14-17-6-2-3-8-20(17)33-24(25,26)27;;/h2-3,6,8,15-16,18,29H,4-5,7,9-14H2,1H3,(H3,28,30,31,32);2*1H/t15?,16-,18+;;. The van der Waals surface area contributed by atoms with Crippen LogP contribution in [0.4, 0.5) is 24.9 Å². The van der Waals surface area contributed by atoms with Gasteiger partial charge < -0.3 is 21.1 Å². The minimum atomic E-state index is -4.69.